The molecule has 0 radical (unpaired) electrons. The van der Waals surface area contributed by atoms with E-state index in [9.17, 15) is 0 Å². The van der Waals surface area contributed by atoms with E-state index >= 15 is 0 Å². The van der Waals surface area contributed by atoms with Crippen LogP contribution in [0.4, 0.5) is 5.82 Å². The molecule has 0 spiro atoms. The molecule has 3 N–H and O–H groups in total. The van der Waals surface area contributed by atoms with Gasteiger partial charge in [0.2, 0.25) is 0 Å². The molecule has 0 aliphatic carbocycles. The van der Waals surface area contributed by atoms with Crippen LogP contribution >= 0.6 is 0 Å². The fourth-order valence-electron chi connectivity index (χ4n) is 0.925. The topological polar surface area (TPSA) is 87.6 Å². The molecule has 1 rings (SSSR count). The molecule has 0 aliphatic heterocycles. The molecule has 0 amide bonds. The van der Waals surface area contributed by atoms with E-state index in [1.54, 1.807) is 6.07 Å². The Balaban J connectivity index is 2.63. The van der Waals surface area contributed by atoms with Crippen LogP contribution in [0.15, 0.2) is 12.3 Å². The Morgan fingerprint density at radius 2 is 2.50 bits per heavy atom. The van der Waals surface area contributed by atoms with Gasteiger partial charge in [-0.3, -0.25) is 0 Å². The number of hydrogen-bond donors (Lipinski definition) is 2. The van der Waals surface area contributed by atoms with Gasteiger partial charge in [0.15, 0.2) is 5.82 Å². The predicted octanol–water partition coefficient (Wildman–Crippen LogP) is 0.497. The number of aromatic nitrogens is 2. The van der Waals surface area contributed by atoms with E-state index in [0.29, 0.717) is 17.9 Å². The van der Waals surface area contributed by atoms with Gasteiger partial charge in [-0.2, -0.15) is 10.4 Å². The van der Waals surface area contributed by atoms with Crippen LogP contribution in [-0.2, 0) is 0 Å². The molecule has 1 unspecified atom stereocenters. The quantitative estimate of drug-likeness (QED) is 0.723. The number of nitriles is 1. The van der Waals surface area contributed by atoms with Crippen LogP contribution in [0.1, 0.15) is 18.9 Å². The number of nitrogens with one attached hydrogen (secondary N) is 1. The average Bonchev–Trinajstić information content (AvgIpc) is 2.26. The molecule has 1 atom stereocenters. The molecule has 1 aromatic heterocycles. The van der Waals surface area contributed by atoms with Crippen molar-refractivity contribution in [3.8, 4) is 6.07 Å². The van der Waals surface area contributed by atoms with Gasteiger partial charge in [0.05, 0.1) is 11.8 Å². The fraction of sp³-hybridized carbons (Fsp3) is 0.444. The van der Waals surface area contributed by atoms with E-state index in [2.05, 4.69) is 15.5 Å². The van der Waals surface area contributed by atoms with Gasteiger partial charge in [-0.05, 0) is 12.5 Å². The van der Waals surface area contributed by atoms with Crippen LogP contribution in [0.25, 0.3) is 0 Å². The second kappa shape index (κ2) is 5.14. The monoisotopic (exact) mass is 191 g/mol. The molecule has 1 aromatic rings. The first-order valence-electron chi connectivity index (χ1n) is 4.49. The van der Waals surface area contributed by atoms with Gasteiger partial charge in [0, 0.05) is 12.6 Å². The number of anilines is 1. The minimum absolute atomic E-state index is 0.0727. The van der Waals surface area contributed by atoms with Gasteiger partial charge in [0.1, 0.15) is 6.07 Å². The lowest BCUT2D eigenvalue weighted by molar-refractivity contribution is 0.677. The number of nitrogens with two attached hydrogens (primary N) is 1. The van der Waals surface area contributed by atoms with Crippen molar-refractivity contribution < 1.29 is 0 Å². The minimum Gasteiger partial charge on any atom is -0.366 e. The van der Waals surface area contributed by atoms with E-state index in [4.69, 9.17) is 11.0 Å². The normalized spacial score (nSPS) is 11.8. The van der Waals surface area contributed by atoms with E-state index in [1.807, 2.05) is 13.0 Å². The Hall–Kier alpha value is -1.67. The molecule has 0 fully saturated rings. The van der Waals surface area contributed by atoms with Gasteiger partial charge >= 0.3 is 0 Å². The summed E-state index contributed by atoms with van der Waals surface area (Å²) in [6.07, 6.45) is 2.37. The summed E-state index contributed by atoms with van der Waals surface area (Å²) < 4.78 is 0. The maximum absolute atomic E-state index is 8.75. The van der Waals surface area contributed by atoms with E-state index in [1.165, 1.54) is 6.20 Å². The smallest absolute Gasteiger partial charge is 0.166 e. The number of hydrogen-bond acceptors (Lipinski definition) is 5. The summed E-state index contributed by atoms with van der Waals surface area (Å²) in [5.74, 6) is 0.499. The minimum atomic E-state index is 0.0727. The zero-order valence-electron chi connectivity index (χ0n) is 8.07. The predicted molar refractivity (Wildman–Crippen MR) is 53.5 cm³/mol. The molecular weight excluding hydrogens is 178 g/mol. The maximum Gasteiger partial charge on any atom is 0.166 e. The van der Waals surface area contributed by atoms with Crippen LogP contribution in [-0.4, -0.2) is 22.8 Å². The van der Waals surface area contributed by atoms with Crippen molar-refractivity contribution in [2.24, 2.45) is 5.73 Å². The van der Waals surface area contributed by atoms with E-state index in [0.717, 1.165) is 6.42 Å². The standard InChI is InChI=1S/C9H13N5/c1-2-8(11)6-12-9-7(5-10)3-4-13-14-9/h3-4,8H,2,6,11H2,1H3,(H,12,14). The highest BCUT2D eigenvalue weighted by atomic mass is 15.2. The van der Waals surface area contributed by atoms with Crippen molar-refractivity contribution in [3.05, 3.63) is 17.8 Å². The second-order valence-electron chi connectivity index (χ2n) is 2.95. The second-order valence-corrected chi connectivity index (χ2v) is 2.95. The maximum atomic E-state index is 8.75. The van der Waals surface area contributed by atoms with Crippen LogP contribution in [0.2, 0.25) is 0 Å². The molecular formula is C9H13N5. The summed E-state index contributed by atoms with van der Waals surface area (Å²) in [5.41, 5.74) is 6.21. The van der Waals surface area contributed by atoms with Crippen molar-refractivity contribution in [1.82, 2.24) is 10.2 Å². The molecule has 0 aliphatic rings. The summed E-state index contributed by atoms with van der Waals surface area (Å²) in [6.45, 7) is 2.61. The van der Waals surface area contributed by atoms with Gasteiger partial charge in [0.25, 0.3) is 0 Å². The molecule has 14 heavy (non-hydrogen) atoms. The first kappa shape index (κ1) is 10.4. The molecule has 1 heterocycles. The van der Waals surface area contributed by atoms with Crippen LogP contribution in [0, 0.1) is 11.3 Å². The Labute approximate surface area is 82.9 Å². The fourth-order valence-corrected chi connectivity index (χ4v) is 0.925. The molecule has 5 nitrogen and oxygen atoms in total. The summed E-state index contributed by atoms with van der Waals surface area (Å²) in [7, 11) is 0. The Bertz CT molecular complexity index is 330. The van der Waals surface area contributed by atoms with Crippen LogP contribution in [0.3, 0.4) is 0 Å². The van der Waals surface area contributed by atoms with Crippen molar-refractivity contribution in [2.45, 2.75) is 19.4 Å². The molecule has 5 heteroatoms. The van der Waals surface area contributed by atoms with E-state index in [-0.39, 0.29) is 6.04 Å². The molecule has 74 valence electrons. The lowest BCUT2D eigenvalue weighted by atomic mass is 10.2. The molecule has 0 saturated heterocycles. The van der Waals surface area contributed by atoms with Crippen molar-refractivity contribution >= 4 is 5.82 Å². The highest BCUT2D eigenvalue weighted by molar-refractivity contribution is 5.50. The number of rotatable bonds is 4. The van der Waals surface area contributed by atoms with Gasteiger partial charge in [-0.15, -0.1) is 5.10 Å². The molecule has 0 bridgehead atoms. The number of nitrogens with zero attached hydrogens (tertiary/aromatic N) is 3. The zero-order valence-corrected chi connectivity index (χ0v) is 8.07. The van der Waals surface area contributed by atoms with Gasteiger partial charge in [-0.25, -0.2) is 0 Å². The lowest BCUT2D eigenvalue weighted by Gasteiger charge is -2.10. The van der Waals surface area contributed by atoms with Crippen molar-refractivity contribution in [2.75, 3.05) is 11.9 Å². The van der Waals surface area contributed by atoms with Crippen LogP contribution < -0.4 is 11.1 Å². The van der Waals surface area contributed by atoms with Crippen molar-refractivity contribution in [1.29, 1.82) is 5.26 Å². The summed E-state index contributed by atoms with van der Waals surface area (Å²) in [4.78, 5) is 0. The third-order valence-electron chi connectivity index (χ3n) is 1.90. The van der Waals surface area contributed by atoms with Crippen molar-refractivity contribution in [3.63, 3.8) is 0 Å². The van der Waals surface area contributed by atoms with Gasteiger partial charge < -0.3 is 11.1 Å². The third kappa shape index (κ3) is 2.68. The lowest BCUT2D eigenvalue weighted by Crippen LogP contribution is -2.28. The Morgan fingerprint density at radius 3 is 3.14 bits per heavy atom. The Morgan fingerprint density at radius 1 is 1.71 bits per heavy atom. The third-order valence-corrected chi connectivity index (χ3v) is 1.90. The average molecular weight is 191 g/mol. The van der Waals surface area contributed by atoms with Crippen LogP contribution in [0.5, 0.6) is 0 Å². The highest BCUT2D eigenvalue weighted by Gasteiger charge is 2.04. The first-order valence-corrected chi connectivity index (χ1v) is 4.49. The zero-order chi connectivity index (χ0) is 10.4. The SMILES string of the molecule is CCC(N)CNc1nnccc1C#N. The first-order chi connectivity index (χ1) is 6.77. The molecule has 0 saturated carbocycles. The van der Waals surface area contributed by atoms with E-state index < -0.39 is 0 Å². The summed E-state index contributed by atoms with van der Waals surface area (Å²) in [5, 5.41) is 19.3. The summed E-state index contributed by atoms with van der Waals surface area (Å²) >= 11 is 0. The van der Waals surface area contributed by atoms with Gasteiger partial charge in [-0.1, -0.05) is 6.92 Å². The molecule has 0 aromatic carbocycles. The largest absolute Gasteiger partial charge is 0.366 e. The summed E-state index contributed by atoms with van der Waals surface area (Å²) in [6, 6.07) is 3.72. The highest BCUT2D eigenvalue weighted by Crippen LogP contribution is 2.07. The Kier molecular flexibility index (Phi) is 3.83.